The highest BCUT2D eigenvalue weighted by Gasteiger charge is 2.32. The first-order valence-electron chi connectivity index (χ1n) is 10.3. The average Bonchev–Trinajstić information content (AvgIpc) is 3.55. The first-order chi connectivity index (χ1) is 14.7. The Kier molecular flexibility index (Phi) is 5.74. The molecule has 1 heterocycles. The molecule has 1 unspecified atom stereocenters. The molecule has 3 aromatic rings. The van der Waals surface area contributed by atoms with Gasteiger partial charge in [-0.1, -0.05) is 37.3 Å². The second-order valence-corrected chi connectivity index (χ2v) is 7.57. The third kappa shape index (κ3) is 3.90. The van der Waals surface area contributed by atoms with Crippen molar-refractivity contribution in [2.45, 2.75) is 38.0 Å². The van der Waals surface area contributed by atoms with Crippen LogP contribution in [0.3, 0.4) is 0 Å². The van der Waals surface area contributed by atoms with E-state index in [0.717, 1.165) is 41.8 Å². The van der Waals surface area contributed by atoms with Gasteiger partial charge in [-0.2, -0.15) is 5.10 Å². The topological polar surface area (TPSA) is 76.2 Å². The predicted octanol–water partition coefficient (Wildman–Crippen LogP) is 5.10. The number of anilines is 1. The zero-order valence-corrected chi connectivity index (χ0v) is 17.6. The predicted molar refractivity (Wildman–Crippen MR) is 117 cm³/mol. The number of nitrogens with one attached hydrogen (secondary N) is 2. The van der Waals surface area contributed by atoms with Crippen LogP contribution in [0.4, 0.5) is 5.69 Å². The molecule has 0 bridgehead atoms. The van der Waals surface area contributed by atoms with Crippen LogP contribution in [0.15, 0.2) is 48.5 Å². The van der Waals surface area contributed by atoms with Crippen LogP contribution < -0.4 is 14.8 Å². The first kappa shape index (κ1) is 20.0. The molecule has 0 aliphatic heterocycles. The van der Waals surface area contributed by atoms with E-state index in [2.05, 4.69) is 15.5 Å². The fourth-order valence-electron chi connectivity index (χ4n) is 3.81. The minimum absolute atomic E-state index is 0.0197. The molecule has 1 aliphatic carbocycles. The van der Waals surface area contributed by atoms with Gasteiger partial charge in [0.25, 0.3) is 0 Å². The summed E-state index contributed by atoms with van der Waals surface area (Å²) in [5.74, 6) is 1.46. The average molecular weight is 405 g/mol. The van der Waals surface area contributed by atoms with Crippen molar-refractivity contribution >= 4 is 11.6 Å². The zero-order chi connectivity index (χ0) is 21.1. The van der Waals surface area contributed by atoms with Crippen LogP contribution in [0.2, 0.25) is 0 Å². The molecule has 1 amide bonds. The van der Waals surface area contributed by atoms with Crippen LogP contribution >= 0.6 is 0 Å². The number of H-pyrrole nitrogens is 1. The van der Waals surface area contributed by atoms with Gasteiger partial charge in [0, 0.05) is 11.5 Å². The smallest absolute Gasteiger partial charge is 0.232 e. The summed E-state index contributed by atoms with van der Waals surface area (Å²) in [5.41, 5.74) is 4.36. The second-order valence-electron chi connectivity index (χ2n) is 7.57. The number of aromatic nitrogens is 2. The quantitative estimate of drug-likeness (QED) is 0.546. The molecule has 6 heteroatoms. The molecule has 0 saturated heterocycles. The molecule has 2 N–H and O–H groups in total. The number of carbonyl (C=O) groups is 1. The van der Waals surface area contributed by atoms with Crippen LogP contribution in [-0.2, 0) is 4.79 Å². The van der Waals surface area contributed by atoms with E-state index < -0.39 is 0 Å². The number of benzene rings is 2. The lowest BCUT2D eigenvalue weighted by atomic mass is 9.95. The zero-order valence-electron chi connectivity index (χ0n) is 17.6. The molecule has 30 heavy (non-hydrogen) atoms. The summed E-state index contributed by atoms with van der Waals surface area (Å²) in [5, 5.41) is 10.9. The summed E-state index contributed by atoms with van der Waals surface area (Å²) < 4.78 is 10.8. The Hall–Kier alpha value is -3.28. The Bertz CT molecular complexity index is 1030. The van der Waals surface area contributed by atoms with Gasteiger partial charge in [-0.05, 0) is 43.0 Å². The van der Waals surface area contributed by atoms with Gasteiger partial charge in [-0.3, -0.25) is 9.89 Å². The maximum Gasteiger partial charge on any atom is 0.232 e. The Balaban J connectivity index is 1.69. The number of ether oxygens (including phenoxy) is 2. The normalized spacial score (nSPS) is 14.2. The minimum atomic E-state index is -0.216. The number of methoxy groups -OCH3 is 2. The Morgan fingerprint density at radius 1 is 1.13 bits per heavy atom. The molecule has 6 nitrogen and oxygen atoms in total. The first-order valence-corrected chi connectivity index (χ1v) is 10.3. The van der Waals surface area contributed by atoms with E-state index in [-0.39, 0.29) is 11.8 Å². The Morgan fingerprint density at radius 2 is 1.87 bits per heavy atom. The van der Waals surface area contributed by atoms with E-state index in [9.17, 15) is 4.79 Å². The van der Waals surface area contributed by atoms with Gasteiger partial charge in [0.15, 0.2) is 11.5 Å². The van der Waals surface area contributed by atoms with E-state index in [1.807, 2.05) is 55.5 Å². The van der Waals surface area contributed by atoms with Gasteiger partial charge < -0.3 is 14.8 Å². The van der Waals surface area contributed by atoms with E-state index in [1.54, 1.807) is 14.2 Å². The van der Waals surface area contributed by atoms with Crippen molar-refractivity contribution in [3.05, 3.63) is 59.8 Å². The number of aromatic amines is 1. The van der Waals surface area contributed by atoms with Crippen molar-refractivity contribution in [3.8, 4) is 22.8 Å². The Morgan fingerprint density at radius 3 is 2.50 bits per heavy atom. The van der Waals surface area contributed by atoms with Crippen LogP contribution in [0.25, 0.3) is 11.3 Å². The maximum absolute atomic E-state index is 13.2. The molecule has 1 aliphatic rings. The molecular weight excluding hydrogens is 378 g/mol. The second kappa shape index (κ2) is 8.61. The van der Waals surface area contributed by atoms with Crippen LogP contribution in [0.1, 0.15) is 49.3 Å². The fraction of sp³-hybridized carbons (Fsp3) is 0.333. The molecule has 2 aromatic carbocycles. The summed E-state index contributed by atoms with van der Waals surface area (Å²) >= 11 is 0. The van der Waals surface area contributed by atoms with Gasteiger partial charge in [-0.25, -0.2) is 0 Å². The van der Waals surface area contributed by atoms with Gasteiger partial charge in [0.1, 0.15) is 5.69 Å². The summed E-state index contributed by atoms with van der Waals surface area (Å²) in [6, 6.07) is 15.6. The molecular formula is C24H27N3O3. The van der Waals surface area contributed by atoms with Crippen molar-refractivity contribution in [1.29, 1.82) is 0 Å². The summed E-state index contributed by atoms with van der Waals surface area (Å²) in [6.45, 7) is 2.03. The maximum atomic E-state index is 13.2. The van der Waals surface area contributed by atoms with Gasteiger partial charge in [0.2, 0.25) is 5.91 Å². The lowest BCUT2D eigenvalue weighted by molar-refractivity contribution is -0.117. The number of hydrogen-bond donors (Lipinski definition) is 2. The highest BCUT2D eigenvalue weighted by molar-refractivity contribution is 5.99. The molecule has 4 rings (SSSR count). The van der Waals surface area contributed by atoms with Gasteiger partial charge in [0.05, 0.1) is 31.5 Å². The van der Waals surface area contributed by atoms with Crippen LogP contribution in [0.5, 0.6) is 11.5 Å². The molecule has 0 radical (unpaired) electrons. The SMILES string of the molecule is CCC(C(=O)Nc1c(-c2ccc(OC)c(OC)c2)n[nH]c1C1CC1)c1ccccc1. The highest BCUT2D eigenvalue weighted by Crippen LogP contribution is 2.46. The van der Waals surface area contributed by atoms with Crippen molar-refractivity contribution in [2.24, 2.45) is 0 Å². The van der Waals surface area contributed by atoms with Crippen LogP contribution in [-0.4, -0.2) is 30.3 Å². The number of amides is 1. The molecule has 1 atom stereocenters. The van der Waals surface area contributed by atoms with Crippen molar-refractivity contribution < 1.29 is 14.3 Å². The largest absolute Gasteiger partial charge is 0.493 e. The van der Waals surface area contributed by atoms with Crippen molar-refractivity contribution in [1.82, 2.24) is 10.2 Å². The third-order valence-corrected chi connectivity index (χ3v) is 5.61. The number of rotatable bonds is 8. The van der Waals surface area contributed by atoms with E-state index in [4.69, 9.17) is 9.47 Å². The summed E-state index contributed by atoms with van der Waals surface area (Å²) in [4.78, 5) is 13.2. The van der Waals surface area contributed by atoms with E-state index in [0.29, 0.717) is 23.1 Å². The summed E-state index contributed by atoms with van der Waals surface area (Å²) in [7, 11) is 3.22. The number of carbonyl (C=O) groups excluding carboxylic acids is 1. The number of hydrogen-bond acceptors (Lipinski definition) is 4. The Labute approximate surface area is 176 Å². The van der Waals surface area contributed by atoms with E-state index in [1.165, 1.54) is 0 Å². The van der Waals surface area contributed by atoms with E-state index >= 15 is 0 Å². The molecule has 0 spiro atoms. The van der Waals surface area contributed by atoms with Crippen LogP contribution in [0, 0.1) is 0 Å². The molecule has 1 saturated carbocycles. The summed E-state index contributed by atoms with van der Waals surface area (Å²) in [6.07, 6.45) is 2.93. The molecule has 1 aromatic heterocycles. The fourth-order valence-corrected chi connectivity index (χ4v) is 3.81. The lowest BCUT2D eigenvalue weighted by Crippen LogP contribution is -2.21. The molecule has 156 valence electrons. The lowest BCUT2D eigenvalue weighted by Gasteiger charge is -2.17. The number of nitrogens with zero attached hydrogens (tertiary/aromatic N) is 1. The van der Waals surface area contributed by atoms with Crippen molar-refractivity contribution in [3.63, 3.8) is 0 Å². The third-order valence-electron chi connectivity index (χ3n) is 5.61. The highest BCUT2D eigenvalue weighted by atomic mass is 16.5. The monoisotopic (exact) mass is 405 g/mol. The molecule has 1 fully saturated rings. The van der Waals surface area contributed by atoms with Gasteiger partial charge >= 0.3 is 0 Å². The minimum Gasteiger partial charge on any atom is -0.493 e. The standard InChI is InChI=1S/C24H27N3O3/c1-4-18(15-8-6-5-7-9-15)24(28)25-23-21(16-10-11-16)26-27-22(23)17-12-13-19(29-2)20(14-17)30-3/h5-9,12-14,16,18H,4,10-11H2,1-3H3,(H,25,28)(H,26,27). The van der Waals surface area contributed by atoms with Gasteiger partial charge in [-0.15, -0.1) is 0 Å². The van der Waals surface area contributed by atoms with Crippen molar-refractivity contribution in [2.75, 3.05) is 19.5 Å².